The van der Waals surface area contributed by atoms with E-state index in [0.29, 0.717) is 78.4 Å². The highest BCUT2D eigenvalue weighted by atomic mass is 16.6. The Hall–Kier alpha value is -5.65. The number of unbranched alkanes of at least 4 members (excludes halogenated alkanes) is 2. The summed E-state index contributed by atoms with van der Waals surface area (Å²) in [4.78, 5) is 86.0. The van der Waals surface area contributed by atoms with Gasteiger partial charge in [-0.15, -0.1) is 0 Å². The van der Waals surface area contributed by atoms with Crippen molar-refractivity contribution >= 4 is 35.4 Å². The van der Waals surface area contributed by atoms with Crippen molar-refractivity contribution in [3.8, 4) is 0 Å². The van der Waals surface area contributed by atoms with E-state index in [9.17, 15) is 28.8 Å². The van der Waals surface area contributed by atoms with E-state index < -0.39 is 29.8 Å². The summed E-state index contributed by atoms with van der Waals surface area (Å²) in [6, 6.07) is -2.06. The fourth-order valence-electron chi connectivity index (χ4n) is 6.41. The summed E-state index contributed by atoms with van der Waals surface area (Å²) in [7, 11) is 0. The Morgan fingerprint density at radius 3 is 1.09 bits per heavy atom. The lowest BCUT2D eigenvalue weighted by Crippen LogP contribution is -2.54. The highest BCUT2D eigenvalue weighted by Crippen LogP contribution is 2.07. The third kappa shape index (κ3) is 52.8. The van der Waals surface area contributed by atoms with Crippen LogP contribution in [0, 0.1) is 0 Å². The summed E-state index contributed by atoms with van der Waals surface area (Å²) in [6.07, 6.45) is 3.71. The second-order valence-corrected chi connectivity index (χ2v) is 16.9. The van der Waals surface area contributed by atoms with Crippen LogP contribution in [0.2, 0.25) is 0 Å². The molecule has 31 heteroatoms. The van der Waals surface area contributed by atoms with Gasteiger partial charge in [-0.2, -0.15) is 0 Å². The van der Waals surface area contributed by atoms with Gasteiger partial charge in [0.25, 0.3) is 0 Å². The number of nitrogens with zero attached hydrogens (tertiary/aromatic N) is 9. The molecule has 0 saturated carbocycles. The van der Waals surface area contributed by atoms with Crippen LogP contribution in [0.3, 0.4) is 0 Å². The molecular formula is C48H89N15O16. The van der Waals surface area contributed by atoms with Gasteiger partial charge in [0.05, 0.1) is 126 Å². The Kier molecular flexibility index (Phi) is 54.3. The van der Waals surface area contributed by atoms with Gasteiger partial charge in [0.2, 0.25) is 35.4 Å². The number of carbonyl (C=O) groups excluding carboxylic acids is 6. The first kappa shape index (κ1) is 73.3. The largest absolute Gasteiger partial charge is 0.379 e. The Labute approximate surface area is 463 Å². The molecule has 0 aliphatic heterocycles. The Morgan fingerprint density at radius 2 is 0.696 bits per heavy atom. The number of hydrogen-bond acceptors (Lipinski definition) is 19. The highest BCUT2D eigenvalue weighted by molar-refractivity contribution is 5.92. The molecule has 0 aromatic rings. The lowest BCUT2D eigenvalue weighted by Gasteiger charge is -2.23. The fraction of sp³-hybridized carbons (Fsp3) is 0.875. The van der Waals surface area contributed by atoms with Gasteiger partial charge in [0, 0.05) is 92.8 Å². The third-order valence-corrected chi connectivity index (χ3v) is 10.4. The molecule has 2 atom stereocenters. The van der Waals surface area contributed by atoms with Gasteiger partial charge >= 0.3 is 0 Å². The molecule has 0 bridgehead atoms. The first-order valence-corrected chi connectivity index (χ1v) is 27.2. The Morgan fingerprint density at radius 1 is 0.354 bits per heavy atom. The Balaban J connectivity index is 5.45. The zero-order valence-electron chi connectivity index (χ0n) is 46.3. The number of azide groups is 3. The topological polar surface area (TPSA) is 413 Å². The second kappa shape index (κ2) is 58.5. The first-order valence-electron chi connectivity index (χ1n) is 27.2. The summed E-state index contributed by atoms with van der Waals surface area (Å²) < 4.78 is 54.0. The van der Waals surface area contributed by atoms with Crippen LogP contribution in [0.1, 0.15) is 84.0 Å². The van der Waals surface area contributed by atoms with Crippen LogP contribution in [0.5, 0.6) is 0 Å². The number of hydrogen-bond donors (Lipinski definition) is 6. The zero-order valence-corrected chi connectivity index (χ0v) is 46.3. The number of carbonyl (C=O) groups is 6. The fourth-order valence-corrected chi connectivity index (χ4v) is 6.41. The summed E-state index contributed by atoms with van der Waals surface area (Å²) >= 11 is 0. The molecule has 0 fully saturated rings. The predicted molar refractivity (Wildman–Crippen MR) is 287 cm³/mol. The molecule has 0 aliphatic carbocycles. The normalized spacial score (nSPS) is 11.5. The molecule has 0 spiro atoms. The maximum atomic E-state index is 14.0. The van der Waals surface area contributed by atoms with Crippen LogP contribution in [0.15, 0.2) is 15.3 Å². The molecule has 0 aromatic heterocycles. The van der Waals surface area contributed by atoms with Crippen molar-refractivity contribution in [1.82, 2.24) is 31.9 Å². The van der Waals surface area contributed by atoms with E-state index in [-0.39, 0.29) is 188 Å². The molecule has 6 N–H and O–H groups in total. The van der Waals surface area contributed by atoms with Gasteiger partial charge in [-0.25, -0.2) is 0 Å². The number of amides is 6. The van der Waals surface area contributed by atoms with Gasteiger partial charge < -0.3 is 79.3 Å². The van der Waals surface area contributed by atoms with Crippen molar-refractivity contribution < 1.29 is 76.1 Å². The van der Waals surface area contributed by atoms with Crippen molar-refractivity contribution in [3.63, 3.8) is 0 Å². The van der Waals surface area contributed by atoms with Crippen LogP contribution < -0.4 is 31.9 Å². The smallest absolute Gasteiger partial charge is 0.243 e. The van der Waals surface area contributed by atoms with E-state index in [4.69, 9.17) is 64.0 Å². The zero-order chi connectivity index (χ0) is 57.8. The molecule has 31 nitrogen and oxygen atoms in total. The summed E-state index contributed by atoms with van der Waals surface area (Å²) in [5.74, 6) is -2.24. The maximum Gasteiger partial charge on any atom is 0.243 e. The lowest BCUT2D eigenvalue weighted by atomic mass is 10.0. The van der Waals surface area contributed by atoms with E-state index in [2.05, 4.69) is 62.0 Å². The first-order chi connectivity index (χ1) is 38.7. The van der Waals surface area contributed by atoms with E-state index in [1.807, 2.05) is 6.92 Å². The molecule has 452 valence electrons. The molecular weight excluding hydrogens is 1040 g/mol. The molecule has 0 unspecified atom stereocenters. The minimum absolute atomic E-state index is 0.0164. The molecule has 0 saturated heterocycles. The van der Waals surface area contributed by atoms with E-state index >= 15 is 0 Å². The molecule has 6 amide bonds. The van der Waals surface area contributed by atoms with E-state index in [1.165, 1.54) is 0 Å². The number of nitrogens with one attached hydrogen (secondary N) is 6. The summed E-state index contributed by atoms with van der Waals surface area (Å²) in [5, 5.41) is 26.9. The monoisotopic (exact) mass is 1130 g/mol. The van der Waals surface area contributed by atoms with E-state index in [0.717, 1.165) is 6.42 Å². The van der Waals surface area contributed by atoms with Crippen LogP contribution >= 0.6 is 0 Å². The van der Waals surface area contributed by atoms with Gasteiger partial charge in [0.15, 0.2) is 0 Å². The van der Waals surface area contributed by atoms with Gasteiger partial charge in [-0.05, 0) is 68.0 Å². The van der Waals surface area contributed by atoms with Crippen LogP contribution in [0.4, 0.5) is 0 Å². The molecule has 79 heavy (non-hydrogen) atoms. The van der Waals surface area contributed by atoms with Crippen LogP contribution in [0.25, 0.3) is 31.3 Å². The third-order valence-electron chi connectivity index (χ3n) is 10.4. The standard InChI is InChI=1S/C48H89N15O16/c1-2-21-70-29-37-78-39-40-79-38-36-74-25-17-55-47(68)41(8-3-5-14-52-43(64)11-22-71-30-33-75-26-18-56-61-49)60-48(69)42(9-4-6-15-53-44(65)12-23-72-31-34-76-27-19-57-62-50)59-46(67)10-7-16-54-45(66)13-24-73-32-35-77-28-20-58-63-51/h41-42H,2-40H2,1H3,(H,52,64)(H,53,65)(H,54,66)(H,55,68)(H,59,67)(H,60,69)/t41-,42-/m0/s1. The van der Waals surface area contributed by atoms with Crippen molar-refractivity contribution in [2.24, 2.45) is 15.3 Å². The molecule has 0 aliphatic rings. The maximum absolute atomic E-state index is 14.0. The SMILES string of the molecule is CCCOCCOCCOCCOCCNC(=O)[C@H](CCCCNC(=O)CCOCCOCCN=[N+]=[N-])NC(=O)[C@H](CCCCNC(=O)CCOCCOCCN=[N+]=[N-])NC(=O)CCCNC(=O)CCOCCOCCN=[N+]=[N-]. The highest BCUT2D eigenvalue weighted by Gasteiger charge is 2.26. The van der Waals surface area contributed by atoms with Crippen LogP contribution in [-0.4, -0.2) is 225 Å². The number of rotatable bonds is 59. The minimum Gasteiger partial charge on any atom is -0.379 e. The molecule has 0 heterocycles. The van der Waals surface area contributed by atoms with Crippen LogP contribution in [-0.2, 0) is 76.1 Å². The quantitative estimate of drug-likeness (QED) is 0.0220. The Bertz CT molecular complexity index is 1730. The van der Waals surface area contributed by atoms with Gasteiger partial charge in [0.1, 0.15) is 12.1 Å². The molecule has 0 rings (SSSR count). The van der Waals surface area contributed by atoms with Crippen molar-refractivity contribution in [2.45, 2.75) is 96.1 Å². The number of ether oxygens (including phenoxy) is 10. The van der Waals surface area contributed by atoms with Crippen molar-refractivity contribution in [1.29, 1.82) is 0 Å². The average molecular weight is 1130 g/mol. The average Bonchev–Trinajstić information content (AvgIpc) is 3.44. The summed E-state index contributed by atoms with van der Waals surface area (Å²) in [6.45, 7) is 9.83. The minimum atomic E-state index is -1.05. The van der Waals surface area contributed by atoms with E-state index in [1.54, 1.807) is 0 Å². The predicted octanol–water partition coefficient (Wildman–Crippen LogP) is 2.22. The van der Waals surface area contributed by atoms with Gasteiger partial charge in [-0.1, -0.05) is 22.3 Å². The van der Waals surface area contributed by atoms with Crippen molar-refractivity contribution in [3.05, 3.63) is 31.3 Å². The summed E-state index contributed by atoms with van der Waals surface area (Å²) in [5.41, 5.74) is 24.9. The van der Waals surface area contributed by atoms with Gasteiger partial charge in [-0.3, -0.25) is 28.8 Å². The second-order valence-electron chi connectivity index (χ2n) is 16.9. The lowest BCUT2D eigenvalue weighted by molar-refractivity contribution is -0.132. The van der Waals surface area contributed by atoms with Crippen molar-refractivity contribution in [2.75, 3.05) is 178 Å². The molecule has 0 aromatic carbocycles. The molecule has 0 radical (unpaired) electrons.